The number of hydrogen-bond donors (Lipinski definition) is 1. The third kappa shape index (κ3) is 4.97. The van der Waals surface area contributed by atoms with E-state index in [1.54, 1.807) is 6.07 Å². The number of nitrogens with zero attached hydrogens (tertiary/aromatic N) is 5. The van der Waals surface area contributed by atoms with Gasteiger partial charge in [0.2, 0.25) is 5.88 Å². The summed E-state index contributed by atoms with van der Waals surface area (Å²) in [4.78, 5) is 27.3. The van der Waals surface area contributed by atoms with Crippen molar-refractivity contribution in [3.05, 3.63) is 86.2 Å². The number of rotatable bonds is 6. The van der Waals surface area contributed by atoms with Crippen LogP contribution in [0.5, 0.6) is 11.6 Å². The van der Waals surface area contributed by atoms with E-state index in [0.717, 1.165) is 46.3 Å². The number of carbonyl (C=O) groups excluding carboxylic acids is 1. The van der Waals surface area contributed by atoms with E-state index in [9.17, 15) is 14.7 Å². The van der Waals surface area contributed by atoms with Gasteiger partial charge in [-0.15, -0.1) is 10.2 Å². The first-order valence-corrected chi connectivity index (χ1v) is 14.1. The Morgan fingerprint density at radius 3 is 2.77 bits per heavy atom. The van der Waals surface area contributed by atoms with Gasteiger partial charge in [0, 0.05) is 47.2 Å². The van der Waals surface area contributed by atoms with Crippen LogP contribution in [-0.4, -0.2) is 44.7 Å². The van der Waals surface area contributed by atoms with Crippen LogP contribution in [0.2, 0.25) is 0 Å². The average Bonchev–Trinajstić information content (AvgIpc) is 3.18. The van der Waals surface area contributed by atoms with Crippen LogP contribution in [0.25, 0.3) is 10.9 Å². The second-order valence-corrected chi connectivity index (χ2v) is 11.6. The topological polar surface area (TPSA) is 101 Å². The Morgan fingerprint density at radius 2 is 1.93 bits per heavy atom. The Labute approximate surface area is 239 Å². The van der Waals surface area contributed by atoms with Gasteiger partial charge in [0.25, 0.3) is 5.56 Å². The lowest BCUT2D eigenvalue weighted by atomic mass is 9.83. The minimum atomic E-state index is -0.547. The molecule has 2 aromatic heterocycles. The highest BCUT2D eigenvalue weighted by Gasteiger charge is 2.35. The molecule has 1 saturated heterocycles. The number of pyridine rings is 1. The fourth-order valence-electron chi connectivity index (χ4n) is 6.00. The molecule has 4 heterocycles. The first kappa shape index (κ1) is 26.5. The number of benzene rings is 2. The fraction of sp³-hybridized carbons (Fsp3) is 0.333. The number of hydrogen-bond acceptors (Lipinski definition) is 6. The Bertz CT molecular complexity index is 1710. The predicted octanol–water partition coefficient (Wildman–Crippen LogP) is 5.65. The highest BCUT2D eigenvalue weighted by molar-refractivity contribution is 9.10. The van der Waals surface area contributed by atoms with Crippen LogP contribution in [0.4, 0.5) is 5.69 Å². The van der Waals surface area contributed by atoms with Crippen LogP contribution in [-0.2, 0) is 18.0 Å². The van der Waals surface area contributed by atoms with Gasteiger partial charge in [0.15, 0.2) is 12.3 Å². The number of amides is 1. The van der Waals surface area contributed by atoms with Gasteiger partial charge in [-0.05, 0) is 67.6 Å². The summed E-state index contributed by atoms with van der Waals surface area (Å²) in [6, 6.07) is 16.9. The summed E-state index contributed by atoms with van der Waals surface area (Å²) in [5.41, 5.74) is 4.21. The molecule has 2 aromatic carbocycles. The largest absolute Gasteiger partial charge is 0.493 e. The molecule has 6 rings (SSSR count). The number of aromatic nitrogens is 2. The number of aromatic hydroxyl groups is 1. The van der Waals surface area contributed by atoms with E-state index in [1.165, 1.54) is 0 Å². The second-order valence-electron chi connectivity index (χ2n) is 10.7. The van der Waals surface area contributed by atoms with Crippen LogP contribution in [0.3, 0.4) is 0 Å². The van der Waals surface area contributed by atoms with Crippen LogP contribution in [0.1, 0.15) is 29.2 Å². The standard InChI is InChI=1S/C30H30BrN5O4/c1-18-5-3-7-26(19(18)2)40-16-27(37)32-33-29-23-12-22(31)9-10-25(23)36(30(29)39)17-34-13-20-11-21(15-34)24-6-4-8-28(38)35(24)14-20/h3-10,12,20-21,39H,11,13-17H2,1-2H3/t20-,21+/m1/s1. The van der Waals surface area contributed by atoms with Gasteiger partial charge < -0.3 is 14.4 Å². The lowest BCUT2D eigenvalue weighted by Crippen LogP contribution is -2.47. The van der Waals surface area contributed by atoms with E-state index < -0.39 is 5.91 Å². The molecule has 2 bridgehead atoms. The van der Waals surface area contributed by atoms with Gasteiger partial charge in [-0.25, -0.2) is 0 Å². The molecule has 2 aliphatic rings. The molecule has 1 fully saturated rings. The predicted molar refractivity (Wildman–Crippen MR) is 155 cm³/mol. The van der Waals surface area contributed by atoms with Crippen molar-refractivity contribution in [2.45, 2.75) is 39.4 Å². The maximum Gasteiger partial charge on any atom is 0.302 e. The fourth-order valence-corrected chi connectivity index (χ4v) is 6.36. The first-order chi connectivity index (χ1) is 19.3. The van der Waals surface area contributed by atoms with Crippen molar-refractivity contribution in [1.29, 1.82) is 0 Å². The van der Waals surface area contributed by atoms with Crippen molar-refractivity contribution >= 4 is 38.4 Å². The zero-order valence-corrected chi connectivity index (χ0v) is 24.0. The lowest BCUT2D eigenvalue weighted by Gasteiger charge is -2.42. The highest BCUT2D eigenvalue weighted by atomic mass is 79.9. The molecule has 0 radical (unpaired) electrons. The number of halogens is 1. The summed E-state index contributed by atoms with van der Waals surface area (Å²) in [6.45, 7) is 6.43. The summed E-state index contributed by atoms with van der Waals surface area (Å²) in [6.07, 6.45) is 1.05. The molecule has 206 valence electrons. The number of azo groups is 1. The van der Waals surface area contributed by atoms with E-state index in [2.05, 4.69) is 31.1 Å². The summed E-state index contributed by atoms with van der Waals surface area (Å²) in [5, 5.41) is 20.0. The molecule has 1 N–H and O–H groups in total. The number of piperidine rings is 1. The highest BCUT2D eigenvalue weighted by Crippen LogP contribution is 2.41. The first-order valence-electron chi connectivity index (χ1n) is 13.3. The van der Waals surface area contributed by atoms with Crippen molar-refractivity contribution in [2.24, 2.45) is 16.1 Å². The number of carbonyl (C=O) groups is 1. The average molecular weight is 605 g/mol. The summed E-state index contributed by atoms with van der Waals surface area (Å²) in [5.74, 6) is 0.652. The third-order valence-corrected chi connectivity index (χ3v) is 8.53. The number of aryl methyl sites for hydroxylation is 1. The van der Waals surface area contributed by atoms with Crippen LogP contribution < -0.4 is 10.3 Å². The van der Waals surface area contributed by atoms with Gasteiger partial charge in [-0.1, -0.05) is 34.1 Å². The van der Waals surface area contributed by atoms with Crippen molar-refractivity contribution < 1.29 is 14.6 Å². The maximum absolute atomic E-state index is 12.5. The van der Waals surface area contributed by atoms with Crippen LogP contribution >= 0.6 is 15.9 Å². The molecule has 10 heteroatoms. The molecule has 0 unspecified atom stereocenters. The molecule has 2 atom stereocenters. The lowest BCUT2D eigenvalue weighted by molar-refractivity contribution is -0.120. The molecule has 9 nitrogen and oxygen atoms in total. The zero-order chi connectivity index (χ0) is 28.0. The quantitative estimate of drug-likeness (QED) is 0.287. The van der Waals surface area contributed by atoms with Crippen molar-refractivity contribution in [2.75, 3.05) is 19.7 Å². The minimum absolute atomic E-state index is 0.0487. The summed E-state index contributed by atoms with van der Waals surface area (Å²) >= 11 is 3.51. The normalized spacial score (nSPS) is 18.8. The Hall–Kier alpha value is -3.76. The van der Waals surface area contributed by atoms with E-state index in [1.807, 2.05) is 71.5 Å². The van der Waals surface area contributed by atoms with Gasteiger partial charge >= 0.3 is 5.91 Å². The van der Waals surface area contributed by atoms with E-state index >= 15 is 0 Å². The monoisotopic (exact) mass is 603 g/mol. The zero-order valence-electron chi connectivity index (χ0n) is 22.4. The summed E-state index contributed by atoms with van der Waals surface area (Å²) in [7, 11) is 0. The Kier molecular flexibility index (Phi) is 7.06. The van der Waals surface area contributed by atoms with Crippen molar-refractivity contribution in [3.63, 3.8) is 0 Å². The SMILES string of the molecule is Cc1cccc(OCC(=O)N=Nc2c(O)n(CN3C[C@H]4C[C@@H](C3)c3cccc(=O)n3C4)c3ccc(Br)cc23)c1C. The Balaban J connectivity index is 1.24. The van der Waals surface area contributed by atoms with Gasteiger partial charge in [0.05, 0.1) is 12.2 Å². The molecular formula is C30H30BrN5O4. The van der Waals surface area contributed by atoms with E-state index in [0.29, 0.717) is 30.3 Å². The molecule has 0 spiro atoms. The van der Waals surface area contributed by atoms with Gasteiger partial charge in [0.1, 0.15) is 5.75 Å². The van der Waals surface area contributed by atoms with E-state index in [-0.39, 0.29) is 29.7 Å². The summed E-state index contributed by atoms with van der Waals surface area (Å²) < 4.78 is 10.2. The van der Waals surface area contributed by atoms with Crippen LogP contribution in [0, 0.1) is 19.8 Å². The molecule has 0 saturated carbocycles. The molecule has 2 aliphatic heterocycles. The third-order valence-electron chi connectivity index (χ3n) is 8.04. The molecule has 1 amide bonds. The number of likely N-dealkylation sites (tertiary alicyclic amines) is 1. The van der Waals surface area contributed by atoms with Gasteiger partial charge in [-0.3, -0.25) is 19.1 Å². The van der Waals surface area contributed by atoms with E-state index in [4.69, 9.17) is 4.74 Å². The number of ether oxygens (including phenoxy) is 1. The molecule has 0 aliphatic carbocycles. The maximum atomic E-state index is 12.5. The number of fused-ring (bicyclic) bond motifs is 5. The van der Waals surface area contributed by atoms with Crippen LogP contribution in [0.15, 0.2) is 74.1 Å². The van der Waals surface area contributed by atoms with Crippen molar-refractivity contribution in [1.82, 2.24) is 14.0 Å². The molecule has 40 heavy (non-hydrogen) atoms. The minimum Gasteiger partial charge on any atom is -0.493 e. The molecule has 4 aromatic rings. The van der Waals surface area contributed by atoms with Crippen molar-refractivity contribution in [3.8, 4) is 11.6 Å². The smallest absolute Gasteiger partial charge is 0.302 e. The second kappa shape index (κ2) is 10.7. The Morgan fingerprint density at radius 1 is 1.10 bits per heavy atom. The van der Waals surface area contributed by atoms with Gasteiger partial charge in [-0.2, -0.15) is 0 Å². The molecular weight excluding hydrogens is 574 g/mol.